The van der Waals surface area contributed by atoms with Crippen LogP contribution < -0.4 is 5.73 Å². The molecule has 21 heavy (non-hydrogen) atoms. The van der Waals surface area contributed by atoms with E-state index in [-0.39, 0.29) is 0 Å². The molecule has 0 unspecified atom stereocenters. The Hall–Kier alpha value is -1.11. The van der Waals surface area contributed by atoms with Crippen molar-refractivity contribution in [1.29, 1.82) is 0 Å². The molecule has 1 heterocycles. The summed E-state index contributed by atoms with van der Waals surface area (Å²) in [6.45, 7) is 9.67. The van der Waals surface area contributed by atoms with E-state index in [0.717, 1.165) is 37.2 Å². The Morgan fingerprint density at radius 3 is 2.29 bits per heavy atom. The number of hydrogen-bond donors (Lipinski definition) is 1. The zero-order valence-electron chi connectivity index (χ0n) is 13.1. The van der Waals surface area contributed by atoms with E-state index in [9.17, 15) is 8.42 Å². The maximum atomic E-state index is 12.7. The normalized spacial score (nSPS) is 18.0. The van der Waals surface area contributed by atoms with Crippen molar-refractivity contribution in [1.82, 2.24) is 9.21 Å². The molecule has 0 bridgehead atoms. The minimum atomic E-state index is -3.44. The molecule has 0 spiro atoms. The molecule has 1 aromatic carbocycles. The summed E-state index contributed by atoms with van der Waals surface area (Å²) in [6.07, 6.45) is 1.10. The number of nitrogens with zero attached hydrogens (tertiary/aromatic N) is 2. The van der Waals surface area contributed by atoms with Gasteiger partial charge in [-0.1, -0.05) is 6.92 Å². The fourth-order valence-corrected chi connectivity index (χ4v) is 4.20. The van der Waals surface area contributed by atoms with Crippen molar-refractivity contribution in [3.8, 4) is 0 Å². The van der Waals surface area contributed by atoms with Crippen molar-refractivity contribution < 1.29 is 8.42 Å². The molecular formula is C15H25N3O2S. The third-order valence-electron chi connectivity index (χ3n) is 4.19. The number of rotatable bonds is 4. The Bertz CT molecular complexity index is 582. The molecule has 1 aromatic rings. The molecule has 2 rings (SSSR count). The van der Waals surface area contributed by atoms with Crippen LogP contribution in [0.5, 0.6) is 0 Å². The van der Waals surface area contributed by atoms with Gasteiger partial charge in [-0.25, -0.2) is 8.42 Å². The monoisotopic (exact) mass is 311 g/mol. The van der Waals surface area contributed by atoms with E-state index in [2.05, 4.69) is 11.8 Å². The maximum absolute atomic E-state index is 12.7. The largest absolute Gasteiger partial charge is 0.398 e. The third kappa shape index (κ3) is 3.39. The summed E-state index contributed by atoms with van der Waals surface area (Å²) in [5.41, 5.74) is 8.32. The zero-order chi connectivity index (χ0) is 15.6. The summed E-state index contributed by atoms with van der Waals surface area (Å²) in [5, 5.41) is 0. The number of aryl methyl sites for hydroxylation is 1. The van der Waals surface area contributed by atoms with Crippen molar-refractivity contribution >= 4 is 15.7 Å². The minimum absolute atomic E-state index is 0.312. The molecule has 1 fully saturated rings. The van der Waals surface area contributed by atoms with Crippen LogP contribution in [0.3, 0.4) is 0 Å². The fourth-order valence-electron chi connectivity index (χ4n) is 2.66. The first-order valence-electron chi connectivity index (χ1n) is 7.45. The number of hydrogen-bond acceptors (Lipinski definition) is 4. The van der Waals surface area contributed by atoms with Gasteiger partial charge in [-0.2, -0.15) is 4.31 Å². The molecule has 0 aliphatic carbocycles. The van der Waals surface area contributed by atoms with Gasteiger partial charge in [0.05, 0.1) is 4.90 Å². The first kappa shape index (κ1) is 16.3. The second kappa shape index (κ2) is 6.34. The molecule has 0 amide bonds. The lowest BCUT2D eigenvalue weighted by molar-refractivity contribution is 0.188. The van der Waals surface area contributed by atoms with E-state index >= 15 is 0 Å². The summed E-state index contributed by atoms with van der Waals surface area (Å²) in [6, 6.07) is 3.30. The first-order valence-corrected chi connectivity index (χ1v) is 8.89. The van der Waals surface area contributed by atoms with Gasteiger partial charge >= 0.3 is 0 Å². The second-order valence-electron chi connectivity index (χ2n) is 5.70. The zero-order valence-corrected chi connectivity index (χ0v) is 13.9. The highest BCUT2D eigenvalue weighted by atomic mass is 32.2. The Labute approximate surface area is 127 Å². The second-order valence-corrected chi connectivity index (χ2v) is 7.64. The average Bonchev–Trinajstić information content (AvgIpc) is 2.45. The average molecular weight is 311 g/mol. The molecule has 2 N–H and O–H groups in total. The molecular weight excluding hydrogens is 286 g/mol. The van der Waals surface area contributed by atoms with E-state index < -0.39 is 10.0 Å². The quantitative estimate of drug-likeness (QED) is 0.858. The van der Waals surface area contributed by atoms with Gasteiger partial charge in [0.2, 0.25) is 10.0 Å². The van der Waals surface area contributed by atoms with Crippen LogP contribution >= 0.6 is 0 Å². The highest BCUT2D eigenvalue weighted by Gasteiger charge is 2.28. The first-order chi connectivity index (χ1) is 9.86. The van der Waals surface area contributed by atoms with Crippen molar-refractivity contribution in [2.75, 3.05) is 38.5 Å². The summed E-state index contributed by atoms with van der Waals surface area (Å²) in [7, 11) is -3.44. The van der Waals surface area contributed by atoms with Crippen LogP contribution in [0, 0.1) is 13.8 Å². The standard InChI is InChI=1S/C15H25N3O2S/c1-4-5-17-6-8-18(9-7-17)21(19,20)14-10-12(2)13(3)15(16)11-14/h10-11H,4-9,16H2,1-3H3. The van der Waals surface area contributed by atoms with Crippen LogP contribution in [-0.4, -0.2) is 50.3 Å². The van der Waals surface area contributed by atoms with E-state index in [0.29, 0.717) is 23.7 Å². The van der Waals surface area contributed by atoms with Gasteiger partial charge in [0, 0.05) is 31.9 Å². The van der Waals surface area contributed by atoms with Gasteiger partial charge < -0.3 is 10.6 Å². The number of benzene rings is 1. The van der Waals surface area contributed by atoms with Crippen LogP contribution in [0.2, 0.25) is 0 Å². The smallest absolute Gasteiger partial charge is 0.243 e. The lowest BCUT2D eigenvalue weighted by Gasteiger charge is -2.33. The molecule has 0 saturated carbocycles. The predicted octanol–water partition coefficient (Wildman–Crippen LogP) is 1.60. The highest BCUT2D eigenvalue weighted by molar-refractivity contribution is 7.89. The minimum Gasteiger partial charge on any atom is -0.398 e. The molecule has 1 aliphatic rings. The topological polar surface area (TPSA) is 66.6 Å². The van der Waals surface area contributed by atoms with Crippen molar-refractivity contribution in [2.45, 2.75) is 32.1 Å². The summed E-state index contributed by atoms with van der Waals surface area (Å²) < 4.78 is 27.0. The summed E-state index contributed by atoms with van der Waals surface area (Å²) in [5.74, 6) is 0. The molecule has 6 heteroatoms. The lowest BCUT2D eigenvalue weighted by Crippen LogP contribution is -2.48. The van der Waals surface area contributed by atoms with Crippen LogP contribution in [0.4, 0.5) is 5.69 Å². The van der Waals surface area contributed by atoms with Crippen molar-refractivity contribution in [3.05, 3.63) is 23.3 Å². The van der Waals surface area contributed by atoms with Gasteiger partial charge in [-0.3, -0.25) is 0 Å². The van der Waals surface area contributed by atoms with Gasteiger partial charge in [0.1, 0.15) is 0 Å². The molecule has 0 atom stereocenters. The van der Waals surface area contributed by atoms with Gasteiger partial charge in [0.15, 0.2) is 0 Å². The van der Waals surface area contributed by atoms with Crippen molar-refractivity contribution in [3.63, 3.8) is 0 Å². The Balaban J connectivity index is 2.20. The molecule has 1 aliphatic heterocycles. The van der Waals surface area contributed by atoms with E-state index in [1.54, 1.807) is 16.4 Å². The van der Waals surface area contributed by atoms with E-state index in [1.165, 1.54) is 0 Å². The Kier molecular flexibility index (Phi) is 4.91. The number of nitrogen functional groups attached to an aromatic ring is 1. The number of nitrogens with two attached hydrogens (primary N) is 1. The molecule has 0 aromatic heterocycles. The Morgan fingerprint density at radius 1 is 1.14 bits per heavy atom. The van der Waals surface area contributed by atoms with Crippen LogP contribution in [0.25, 0.3) is 0 Å². The number of piperazine rings is 1. The van der Waals surface area contributed by atoms with Gasteiger partial charge in [-0.05, 0) is 50.1 Å². The number of anilines is 1. The maximum Gasteiger partial charge on any atom is 0.243 e. The molecule has 1 saturated heterocycles. The SMILES string of the molecule is CCCN1CCN(S(=O)(=O)c2cc(C)c(C)c(N)c2)CC1. The molecule has 0 radical (unpaired) electrons. The Morgan fingerprint density at radius 2 is 1.76 bits per heavy atom. The third-order valence-corrected chi connectivity index (χ3v) is 6.07. The summed E-state index contributed by atoms with van der Waals surface area (Å²) >= 11 is 0. The van der Waals surface area contributed by atoms with Crippen LogP contribution in [-0.2, 0) is 10.0 Å². The molecule has 118 valence electrons. The van der Waals surface area contributed by atoms with Gasteiger partial charge in [-0.15, -0.1) is 0 Å². The van der Waals surface area contributed by atoms with E-state index in [1.807, 2.05) is 13.8 Å². The highest BCUT2D eigenvalue weighted by Crippen LogP contribution is 2.24. The lowest BCUT2D eigenvalue weighted by atomic mass is 10.1. The number of sulfonamides is 1. The van der Waals surface area contributed by atoms with Gasteiger partial charge in [0.25, 0.3) is 0 Å². The summed E-state index contributed by atoms with van der Waals surface area (Å²) in [4.78, 5) is 2.62. The van der Waals surface area contributed by atoms with E-state index in [4.69, 9.17) is 5.73 Å². The van der Waals surface area contributed by atoms with Crippen LogP contribution in [0.15, 0.2) is 17.0 Å². The van der Waals surface area contributed by atoms with Crippen molar-refractivity contribution in [2.24, 2.45) is 0 Å². The predicted molar refractivity (Wildman–Crippen MR) is 85.8 cm³/mol. The molecule has 5 nitrogen and oxygen atoms in total. The fraction of sp³-hybridized carbons (Fsp3) is 0.600. The van der Waals surface area contributed by atoms with Crippen LogP contribution in [0.1, 0.15) is 24.5 Å².